The second-order valence-corrected chi connectivity index (χ2v) is 9.51. The molecule has 0 fully saturated rings. The molecule has 41 heavy (non-hydrogen) atoms. The summed E-state index contributed by atoms with van der Waals surface area (Å²) in [6, 6.07) is 27.7. The second-order valence-electron chi connectivity index (χ2n) is 9.51. The Morgan fingerprint density at radius 3 is 1.93 bits per heavy atom. The van der Waals surface area contributed by atoms with E-state index in [1.54, 1.807) is 36.4 Å². The van der Waals surface area contributed by atoms with Crippen LogP contribution < -0.4 is 16.2 Å². The Morgan fingerprint density at radius 2 is 1.34 bits per heavy atom. The van der Waals surface area contributed by atoms with Gasteiger partial charge in [0.2, 0.25) is 0 Å². The number of nitrogens with one attached hydrogen (secondary N) is 3. The van der Waals surface area contributed by atoms with Gasteiger partial charge in [-0.15, -0.1) is 0 Å². The largest absolute Gasteiger partial charge is 0.469 e. The third-order valence-electron chi connectivity index (χ3n) is 7.02. The number of carbonyl (C=O) groups is 3. The van der Waals surface area contributed by atoms with Gasteiger partial charge < -0.3 is 14.8 Å². The van der Waals surface area contributed by atoms with Gasteiger partial charge in [0.05, 0.1) is 19.6 Å². The van der Waals surface area contributed by atoms with Crippen molar-refractivity contribution in [2.24, 2.45) is 0 Å². The van der Waals surface area contributed by atoms with Crippen molar-refractivity contribution < 1.29 is 28.2 Å². The Labute approximate surface area is 236 Å². The van der Waals surface area contributed by atoms with Crippen LogP contribution in [0.15, 0.2) is 97.1 Å². The van der Waals surface area contributed by atoms with E-state index in [1.807, 2.05) is 48.5 Å². The molecule has 0 saturated carbocycles. The van der Waals surface area contributed by atoms with E-state index in [0.717, 1.165) is 33.4 Å². The number of rotatable bonds is 7. The molecule has 4 aromatic rings. The fourth-order valence-corrected chi connectivity index (χ4v) is 4.99. The molecule has 0 spiro atoms. The van der Waals surface area contributed by atoms with E-state index in [0.29, 0.717) is 5.56 Å². The van der Waals surface area contributed by atoms with E-state index in [2.05, 4.69) is 16.2 Å². The smallest absolute Gasteiger partial charge is 0.426 e. The third kappa shape index (κ3) is 6.36. The molecule has 0 aliphatic heterocycles. The Bertz CT molecular complexity index is 1510. The highest BCUT2D eigenvalue weighted by Gasteiger charge is 2.29. The van der Waals surface area contributed by atoms with Crippen LogP contribution >= 0.6 is 0 Å². The highest BCUT2D eigenvalue weighted by atomic mass is 19.1. The van der Waals surface area contributed by atoms with Gasteiger partial charge in [0.15, 0.2) is 0 Å². The van der Waals surface area contributed by atoms with Crippen molar-refractivity contribution in [3.05, 3.63) is 120 Å². The predicted molar refractivity (Wildman–Crippen MR) is 151 cm³/mol. The van der Waals surface area contributed by atoms with Crippen molar-refractivity contribution in [1.82, 2.24) is 16.2 Å². The first kappa shape index (κ1) is 27.4. The minimum Gasteiger partial charge on any atom is -0.469 e. The molecule has 0 radical (unpaired) electrons. The Kier molecular flexibility index (Phi) is 8.24. The number of methoxy groups -OCH3 is 1. The van der Waals surface area contributed by atoms with Crippen molar-refractivity contribution >= 4 is 18.1 Å². The van der Waals surface area contributed by atoms with Crippen LogP contribution in [-0.4, -0.2) is 31.8 Å². The minimum atomic E-state index is -0.824. The first-order valence-corrected chi connectivity index (χ1v) is 13.0. The molecule has 1 aliphatic rings. The zero-order chi connectivity index (χ0) is 28.8. The summed E-state index contributed by atoms with van der Waals surface area (Å²) >= 11 is 0. The molecular weight excluding hydrogens is 525 g/mol. The van der Waals surface area contributed by atoms with Gasteiger partial charge in [-0.05, 0) is 51.1 Å². The standard InChI is InChI=1S/C32H28FN3O5/c1-40-30(37)18-29(22-12-10-20(11-13-22)21-14-16-23(33)17-15-21)34-31(38)35-36-32(39)41-19-28-26-8-4-2-6-24(26)25-7-3-5-9-27(25)28/h2-17,28-29H,18-19H2,1H3,(H,36,39)(H2,34,35,38). The van der Waals surface area contributed by atoms with Crippen molar-refractivity contribution in [3.8, 4) is 22.3 Å². The van der Waals surface area contributed by atoms with Crippen molar-refractivity contribution in [2.75, 3.05) is 13.7 Å². The molecule has 0 saturated heterocycles. The molecule has 3 N–H and O–H groups in total. The number of hydrogen-bond acceptors (Lipinski definition) is 5. The molecule has 0 aromatic heterocycles. The molecule has 0 bridgehead atoms. The monoisotopic (exact) mass is 553 g/mol. The minimum absolute atomic E-state index is 0.0918. The Morgan fingerprint density at radius 1 is 0.780 bits per heavy atom. The van der Waals surface area contributed by atoms with Crippen molar-refractivity contribution in [1.29, 1.82) is 0 Å². The lowest BCUT2D eigenvalue weighted by atomic mass is 9.98. The maximum atomic E-state index is 13.3. The summed E-state index contributed by atoms with van der Waals surface area (Å²) in [6.07, 6.45) is -0.958. The highest BCUT2D eigenvalue weighted by molar-refractivity contribution is 5.80. The van der Waals surface area contributed by atoms with E-state index in [9.17, 15) is 18.8 Å². The first-order chi connectivity index (χ1) is 19.9. The molecule has 0 heterocycles. The second kappa shape index (κ2) is 12.3. The zero-order valence-electron chi connectivity index (χ0n) is 22.2. The SMILES string of the molecule is COC(=O)CC(NC(=O)NNC(=O)OCC1c2ccccc2-c2ccccc21)c1ccc(-c2ccc(F)cc2)cc1. The number of amides is 3. The van der Waals surface area contributed by atoms with Gasteiger partial charge in [0, 0.05) is 5.92 Å². The summed E-state index contributed by atoms with van der Waals surface area (Å²) in [6.45, 7) is 0.0918. The summed E-state index contributed by atoms with van der Waals surface area (Å²) in [5.74, 6) is -0.975. The van der Waals surface area contributed by atoms with Crippen LogP contribution in [0.3, 0.4) is 0 Å². The number of urea groups is 1. The van der Waals surface area contributed by atoms with Gasteiger partial charge in [0.1, 0.15) is 12.4 Å². The lowest BCUT2D eigenvalue weighted by molar-refractivity contribution is -0.141. The normalized spacial score (nSPS) is 12.4. The molecule has 208 valence electrons. The summed E-state index contributed by atoms with van der Waals surface area (Å²) in [7, 11) is 1.26. The molecule has 4 aromatic carbocycles. The van der Waals surface area contributed by atoms with Crippen LogP contribution in [-0.2, 0) is 14.3 Å². The van der Waals surface area contributed by atoms with Crippen molar-refractivity contribution in [2.45, 2.75) is 18.4 Å². The first-order valence-electron chi connectivity index (χ1n) is 13.0. The van der Waals surface area contributed by atoms with Crippen molar-refractivity contribution in [3.63, 3.8) is 0 Å². The predicted octanol–water partition coefficient (Wildman–Crippen LogP) is 5.85. The molecule has 8 nitrogen and oxygen atoms in total. The molecule has 3 amide bonds. The highest BCUT2D eigenvalue weighted by Crippen LogP contribution is 2.44. The number of esters is 1. The summed E-state index contributed by atoms with van der Waals surface area (Å²) in [5, 5.41) is 2.67. The van der Waals surface area contributed by atoms with Gasteiger partial charge in [-0.3, -0.25) is 4.79 Å². The number of carbonyl (C=O) groups excluding carboxylic acids is 3. The van der Waals surface area contributed by atoms with Crippen LogP contribution in [0.1, 0.15) is 35.1 Å². The number of benzene rings is 4. The van der Waals surface area contributed by atoms with Crippen LogP contribution in [0.4, 0.5) is 14.0 Å². The van der Waals surface area contributed by atoms with Gasteiger partial charge in [0.25, 0.3) is 0 Å². The van der Waals surface area contributed by atoms with Crippen LogP contribution in [0, 0.1) is 5.82 Å². The molecule has 5 rings (SSSR count). The quantitative estimate of drug-likeness (QED) is 0.197. The maximum Gasteiger partial charge on any atom is 0.426 e. The average molecular weight is 554 g/mol. The van der Waals surface area contributed by atoms with Gasteiger partial charge in [-0.25, -0.2) is 24.8 Å². The van der Waals surface area contributed by atoms with E-state index >= 15 is 0 Å². The number of fused-ring (bicyclic) bond motifs is 3. The van der Waals surface area contributed by atoms with Crippen LogP contribution in [0.25, 0.3) is 22.3 Å². The van der Waals surface area contributed by atoms with Gasteiger partial charge in [-0.2, -0.15) is 0 Å². The number of ether oxygens (including phenoxy) is 2. The van der Waals surface area contributed by atoms with E-state index in [4.69, 9.17) is 9.47 Å². The maximum absolute atomic E-state index is 13.3. The summed E-state index contributed by atoms with van der Waals surface area (Å²) in [4.78, 5) is 37.1. The topological polar surface area (TPSA) is 106 Å². The Balaban J connectivity index is 1.18. The fraction of sp³-hybridized carbons (Fsp3) is 0.156. The van der Waals surface area contributed by atoms with Crippen LogP contribution in [0.2, 0.25) is 0 Å². The molecule has 1 unspecified atom stereocenters. The Hall–Kier alpha value is -5.18. The zero-order valence-corrected chi connectivity index (χ0v) is 22.2. The average Bonchev–Trinajstić information content (AvgIpc) is 3.32. The number of halogens is 1. The third-order valence-corrected chi connectivity index (χ3v) is 7.02. The molecular formula is C32H28FN3O5. The fourth-order valence-electron chi connectivity index (χ4n) is 4.99. The molecule has 9 heteroatoms. The lowest BCUT2D eigenvalue weighted by Gasteiger charge is -2.19. The van der Waals surface area contributed by atoms with Crippen LogP contribution in [0.5, 0.6) is 0 Å². The molecule has 1 atom stereocenters. The van der Waals surface area contributed by atoms with Gasteiger partial charge in [-0.1, -0.05) is 84.9 Å². The number of hydrogen-bond donors (Lipinski definition) is 3. The van der Waals surface area contributed by atoms with E-state index in [-0.39, 0.29) is 24.8 Å². The summed E-state index contributed by atoms with van der Waals surface area (Å²) in [5.41, 5.74) is 11.2. The lowest BCUT2D eigenvalue weighted by Crippen LogP contribution is -2.48. The van der Waals surface area contributed by atoms with E-state index in [1.165, 1.54) is 19.2 Å². The van der Waals surface area contributed by atoms with E-state index < -0.39 is 24.1 Å². The van der Waals surface area contributed by atoms with Gasteiger partial charge >= 0.3 is 18.1 Å². The summed E-state index contributed by atoms with van der Waals surface area (Å²) < 4.78 is 23.5. The molecule has 1 aliphatic carbocycles. The number of hydrazine groups is 1.